The molecule has 1 heterocycles. The summed E-state index contributed by atoms with van der Waals surface area (Å²) in [5, 5.41) is 11.7. The highest BCUT2D eigenvalue weighted by Crippen LogP contribution is 2.20. The molecule has 7 nitrogen and oxygen atoms in total. The first kappa shape index (κ1) is 18.7. The molecule has 0 atom stereocenters. The molecule has 0 saturated heterocycles. The van der Waals surface area contributed by atoms with Gasteiger partial charge < -0.3 is 16.0 Å². The molecule has 3 amide bonds. The van der Waals surface area contributed by atoms with Crippen molar-refractivity contribution in [3.63, 3.8) is 0 Å². The van der Waals surface area contributed by atoms with Gasteiger partial charge in [0.15, 0.2) is 0 Å². The minimum atomic E-state index is -0.205. The van der Waals surface area contributed by atoms with E-state index in [4.69, 9.17) is 0 Å². The molecule has 0 radical (unpaired) electrons. The van der Waals surface area contributed by atoms with E-state index in [1.807, 2.05) is 30.3 Å². The van der Waals surface area contributed by atoms with Crippen molar-refractivity contribution in [2.75, 3.05) is 16.0 Å². The highest BCUT2D eigenvalue weighted by Gasteiger charge is 2.15. The molecule has 4 N–H and O–H groups in total. The summed E-state index contributed by atoms with van der Waals surface area (Å²) in [5.74, 6) is 0.408. The van der Waals surface area contributed by atoms with Crippen LogP contribution in [0, 0.1) is 0 Å². The van der Waals surface area contributed by atoms with Crippen LogP contribution in [0.25, 0.3) is 0 Å². The van der Waals surface area contributed by atoms with Crippen LogP contribution >= 0.6 is 0 Å². The molecule has 0 aliphatic heterocycles. The quantitative estimate of drug-likeness (QED) is 0.636. The van der Waals surface area contributed by atoms with E-state index in [0.29, 0.717) is 5.82 Å². The van der Waals surface area contributed by atoms with Crippen molar-refractivity contribution in [2.24, 2.45) is 0 Å². The third-order valence-corrected chi connectivity index (χ3v) is 4.44. The van der Waals surface area contributed by atoms with Gasteiger partial charge >= 0.3 is 6.03 Å². The summed E-state index contributed by atoms with van der Waals surface area (Å²) >= 11 is 0. The number of hydrogen-bond donors (Lipinski definition) is 4. The fourth-order valence-electron chi connectivity index (χ4n) is 3.13. The van der Waals surface area contributed by atoms with Crippen molar-refractivity contribution in [2.45, 2.75) is 45.1 Å². The smallest absolute Gasteiger partial charge is 0.320 e. The predicted molar refractivity (Wildman–Crippen MR) is 107 cm³/mol. The number of benzene rings is 1. The number of nitrogens with zero attached hydrogens (tertiary/aromatic N) is 1. The SMILES string of the molecule is CC(=O)Nc1ccc(Nc2ccc(NC(=O)NC3CCCCC3)nc2)cc1. The van der Waals surface area contributed by atoms with E-state index in [2.05, 4.69) is 26.3 Å². The zero-order valence-corrected chi connectivity index (χ0v) is 15.4. The highest BCUT2D eigenvalue weighted by molar-refractivity contribution is 5.89. The highest BCUT2D eigenvalue weighted by atomic mass is 16.2. The zero-order chi connectivity index (χ0) is 19.1. The number of aromatic nitrogens is 1. The van der Waals surface area contributed by atoms with Gasteiger partial charge in [-0.15, -0.1) is 0 Å². The van der Waals surface area contributed by atoms with Crippen molar-refractivity contribution in [1.29, 1.82) is 0 Å². The average molecular weight is 367 g/mol. The number of carbonyl (C=O) groups excluding carboxylic acids is 2. The number of urea groups is 1. The Morgan fingerprint density at radius 3 is 2.19 bits per heavy atom. The lowest BCUT2D eigenvalue weighted by Gasteiger charge is -2.22. The molecule has 2 aromatic rings. The first-order chi connectivity index (χ1) is 13.1. The van der Waals surface area contributed by atoms with Crippen LogP contribution in [0.2, 0.25) is 0 Å². The lowest BCUT2D eigenvalue weighted by Crippen LogP contribution is -2.39. The van der Waals surface area contributed by atoms with Crippen molar-refractivity contribution < 1.29 is 9.59 Å². The number of hydrogen-bond acceptors (Lipinski definition) is 4. The van der Waals surface area contributed by atoms with Gasteiger partial charge in [-0.3, -0.25) is 10.1 Å². The van der Waals surface area contributed by atoms with Gasteiger partial charge in [0, 0.05) is 24.3 Å². The monoisotopic (exact) mass is 367 g/mol. The van der Waals surface area contributed by atoms with Crippen molar-refractivity contribution in [3.8, 4) is 0 Å². The normalized spacial score (nSPS) is 14.3. The molecule has 1 aliphatic carbocycles. The number of carbonyl (C=O) groups is 2. The molecule has 1 aromatic heterocycles. The summed E-state index contributed by atoms with van der Waals surface area (Å²) in [6.45, 7) is 1.48. The summed E-state index contributed by atoms with van der Waals surface area (Å²) in [7, 11) is 0. The molecule has 3 rings (SSSR count). The third-order valence-electron chi connectivity index (χ3n) is 4.44. The number of amides is 3. The van der Waals surface area contributed by atoms with Gasteiger partial charge in [0.25, 0.3) is 0 Å². The Morgan fingerprint density at radius 2 is 1.56 bits per heavy atom. The molecule has 142 valence electrons. The third kappa shape index (κ3) is 5.99. The fraction of sp³-hybridized carbons (Fsp3) is 0.350. The Morgan fingerprint density at radius 1 is 0.889 bits per heavy atom. The molecular weight excluding hydrogens is 342 g/mol. The maximum absolute atomic E-state index is 12.1. The van der Waals surface area contributed by atoms with Crippen LogP contribution in [0.4, 0.5) is 27.7 Å². The van der Waals surface area contributed by atoms with Gasteiger partial charge in [-0.25, -0.2) is 9.78 Å². The summed E-state index contributed by atoms with van der Waals surface area (Å²) < 4.78 is 0. The Balaban J connectivity index is 1.50. The topological polar surface area (TPSA) is 95.2 Å². The van der Waals surface area contributed by atoms with Crippen LogP contribution < -0.4 is 21.3 Å². The molecular formula is C20H25N5O2. The zero-order valence-electron chi connectivity index (χ0n) is 15.4. The molecule has 1 fully saturated rings. The Kier molecular flexibility index (Phi) is 6.25. The van der Waals surface area contributed by atoms with Crippen LogP contribution in [0.5, 0.6) is 0 Å². The van der Waals surface area contributed by atoms with E-state index < -0.39 is 0 Å². The second kappa shape index (κ2) is 9.02. The Labute approximate surface area is 159 Å². The predicted octanol–water partition coefficient (Wildman–Crippen LogP) is 4.24. The lowest BCUT2D eigenvalue weighted by molar-refractivity contribution is -0.114. The molecule has 7 heteroatoms. The molecule has 0 spiro atoms. The molecule has 0 unspecified atom stereocenters. The summed E-state index contributed by atoms with van der Waals surface area (Å²) in [4.78, 5) is 27.4. The van der Waals surface area contributed by atoms with Crippen molar-refractivity contribution in [1.82, 2.24) is 10.3 Å². The van der Waals surface area contributed by atoms with Crippen LogP contribution in [-0.2, 0) is 4.79 Å². The first-order valence-electron chi connectivity index (χ1n) is 9.27. The second-order valence-electron chi connectivity index (χ2n) is 6.75. The maximum Gasteiger partial charge on any atom is 0.320 e. The van der Waals surface area contributed by atoms with E-state index in [0.717, 1.165) is 29.9 Å². The Bertz CT molecular complexity index is 768. The van der Waals surface area contributed by atoms with E-state index in [-0.39, 0.29) is 18.0 Å². The Hall–Kier alpha value is -3.09. The van der Waals surface area contributed by atoms with Crippen LogP contribution in [-0.4, -0.2) is 23.0 Å². The van der Waals surface area contributed by atoms with Crippen molar-refractivity contribution >= 4 is 34.8 Å². The number of anilines is 4. The average Bonchev–Trinajstić information content (AvgIpc) is 2.65. The summed E-state index contributed by atoms with van der Waals surface area (Å²) in [5.41, 5.74) is 2.43. The van der Waals surface area contributed by atoms with Gasteiger partial charge in [0.1, 0.15) is 5.82 Å². The van der Waals surface area contributed by atoms with Crippen LogP contribution in [0.1, 0.15) is 39.0 Å². The summed E-state index contributed by atoms with van der Waals surface area (Å²) in [6, 6.07) is 11.1. The van der Waals surface area contributed by atoms with E-state index in [1.165, 1.54) is 26.2 Å². The minimum Gasteiger partial charge on any atom is -0.354 e. The number of rotatable bonds is 5. The summed E-state index contributed by atoms with van der Waals surface area (Å²) in [6.07, 6.45) is 7.36. The van der Waals surface area contributed by atoms with Gasteiger partial charge in [-0.2, -0.15) is 0 Å². The second-order valence-corrected chi connectivity index (χ2v) is 6.75. The standard InChI is InChI=1S/C20H25N5O2/c1-14(26)22-16-7-9-17(10-8-16)23-18-11-12-19(21-13-18)25-20(27)24-15-5-3-2-4-6-15/h7-13,15,23H,2-6H2,1H3,(H,22,26)(H2,21,24,25,27). The minimum absolute atomic E-state index is 0.101. The lowest BCUT2D eigenvalue weighted by atomic mass is 9.96. The van der Waals surface area contributed by atoms with E-state index >= 15 is 0 Å². The largest absolute Gasteiger partial charge is 0.354 e. The molecule has 27 heavy (non-hydrogen) atoms. The van der Waals surface area contributed by atoms with Gasteiger partial charge in [0.05, 0.1) is 11.9 Å². The van der Waals surface area contributed by atoms with E-state index in [9.17, 15) is 9.59 Å². The van der Waals surface area contributed by atoms with Gasteiger partial charge in [-0.05, 0) is 49.2 Å². The number of nitrogens with one attached hydrogen (secondary N) is 4. The fourth-order valence-corrected chi connectivity index (χ4v) is 3.13. The molecule has 1 aromatic carbocycles. The van der Waals surface area contributed by atoms with Gasteiger partial charge in [0.2, 0.25) is 5.91 Å². The molecule has 0 bridgehead atoms. The van der Waals surface area contributed by atoms with Crippen LogP contribution in [0.3, 0.4) is 0 Å². The molecule has 1 aliphatic rings. The molecule has 1 saturated carbocycles. The maximum atomic E-state index is 12.1. The van der Waals surface area contributed by atoms with Gasteiger partial charge in [-0.1, -0.05) is 19.3 Å². The first-order valence-corrected chi connectivity index (χ1v) is 9.27. The number of pyridine rings is 1. The van der Waals surface area contributed by atoms with Crippen molar-refractivity contribution in [3.05, 3.63) is 42.6 Å². The van der Waals surface area contributed by atoms with E-state index in [1.54, 1.807) is 12.3 Å². The van der Waals surface area contributed by atoms with Crippen LogP contribution in [0.15, 0.2) is 42.6 Å².